The molecule has 3 amide bonds. The molecule has 1 aliphatic carbocycles. The molecular weight excluding hydrogens is 663 g/mol. The highest BCUT2D eigenvalue weighted by Crippen LogP contribution is 2.65. The molecule has 3 aromatic carbocycles. The first-order chi connectivity index (χ1) is 20.3. The van der Waals surface area contributed by atoms with E-state index in [9.17, 15) is 58.3 Å². The zero-order valence-corrected chi connectivity index (χ0v) is 22.5. The van der Waals surface area contributed by atoms with Crippen molar-refractivity contribution in [1.82, 2.24) is 0 Å². The van der Waals surface area contributed by atoms with Crippen LogP contribution in [0.3, 0.4) is 0 Å². The summed E-state index contributed by atoms with van der Waals surface area (Å²) in [6, 6.07) is 3.71. The molecule has 0 spiro atoms. The maximum absolute atomic E-state index is 14.7. The van der Waals surface area contributed by atoms with E-state index in [0.29, 0.717) is 36.4 Å². The normalized spacial score (nSPS) is 17.3. The number of carbonyl (C=O) groups excluding carboxylic acids is 3. The lowest BCUT2D eigenvalue weighted by Crippen LogP contribution is -2.22. The third-order valence-corrected chi connectivity index (χ3v) is 7.26. The molecule has 0 saturated heterocycles. The minimum atomic E-state index is -5.09. The maximum atomic E-state index is 14.7. The molecule has 3 N–H and O–H groups in total. The molecule has 234 valence electrons. The van der Waals surface area contributed by atoms with Gasteiger partial charge in [0.25, 0.3) is 11.8 Å². The topological polar surface area (TPSA) is 87.3 Å². The Bertz CT molecular complexity index is 1680. The Hall–Kier alpha value is -4.05. The first-order valence-electron chi connectivity index (χ1n) is 11.8. The Morgan fingerprint density at radius 3 is 2.05 bits per heavy atom. The lowest BCUT2D eigenvalue weighted by Gasteiger charge is -2.13. The molecule has 0 bridgehead atoms. The standard InChI is InChI=1S/C26H13Cl2F10N3O3/c27-25(28)16(8-1-2-12(29)11(5-8)26(36,37)38)17(25)23(43)39-9-6-10(18(32)14(31)7-9)22(42)41-20-13(30)3-4-15(19(20)33)40-24(44)21(34)35/h1-7,16-17,21H,(H,39,43)(H,40,44)(H,41,42)/t16-,17+/m0/s1. The summed E-state index contributed by atoms with van der Waals surface area (Å²) in [5.41, 5.74) is -6.13. The maximum Gasteiger partial charge on any atom is 0.419 e. The van der Waals surface area contributed by atoms with Crippen molar-refractivity contribution in [2.24, 2.45) is 5.92 Å². The molecule has 0 radical (unpaired) electrons. The highest BCUT2D eigenvalue weighted by molar-refractivity contribution is 6.53. The first kappa shape index (κ1) is 32.9. The Balaban J connectivity index is 1.57. The molecule has 6 nitrogen and oxygen atoms in total. The van der Waals surface area contributed by atoms with Crippen LogP contribution in [0.4, 0.5) is 61.0 Å². The number of alkyl halides is 7. The van der Waals surface area contributed by atoms with Crippen molar-refractivity contribution in [3.8, 4) is 0 Å². The first-order valence-corrected chi connectivity index (χ1v) is 12.5. The summed E-state index contributed by atoms with van der Waals surface area (Å²) in [5, 5.41) is 5.06. The second kappa shape index (κ2) is 11.8. The van der Waals surface area contributed by atoms with E-state index >= 15 is 0 Å². The summed E-state index contributed by atoms with van der Waals surface area (Å²) < 4.78 is 134. The van der Waals surface area contributed by atoms with E-state index in [-0.39, 0.29) is 5.56 Å². The Kier molecular flexibility index (Phi) is 8.81. The van der Waals surface area contributed by atoms with Crippen LogP contribution in [0, 0.1) is 35.0 Å². The molecule has 0 unspecified atom stereocenters. The summed E-state index contributed by atoms with van der Waals surface area (Å²) in [7, 11) is 0. The van der Waals surface area contributed by atoms with Gasteiger partial charge < -0.3 is 16.0 Å². The molecule has 1 fully saturated rings. The van der Waals surface area contributed by atoms with Gasteiger partial charge in [0, 0.05) is 17.7 Å². The average molecular weight is 676 g/mol. The summed E-state index contributed by atoms with van der Waals surface area (Å²) in [6.45, 7) is 0. The molecule has 1 saturated carbocycles. The summed E-state index contributed by atoms with van der Waals surface area (Å²) in [6.07, 6.45) is -8.68. The van der Waals surface area contributed by atoms with Crippen molar-refractivity contribution in [3.63, 3.8) is 0 Å². The largest absolute Gasteiger partial charge is 0.419 e. The minimum absolute atomic E-state index is 0.273. The monoisotopic (exact) mass is 675 g/mol. The predicted octanol–water partition coefficient (Wildman–Crippen LogP) is 7.38. The molecule has 3 aromatic rings. The summed E-state index contributed by atoms with van der Waals surface area (Å²) in [5.74, 6) is -16.1. The zero-order valence-electron chi connectivity index (χ0n) is 21.0. The molecule has 1 aliphatic rings. The molecule has 18 heteroatoms. The number of amides is 3. The minimum Gasteiger partial charge on any atom is -0.326 e. The van der Waals surface area contributed by atoms with Gasteiger partial charge in [0.15, 0.2) is 17.5 Å². The predicted molar refractivity (Wildman–Crippen MR) is 136 cm³/mol. The van der Waals surface area contributed by atoms with Gasteiger partial charge in [0.1, 0.15) is 21.7 Å². The fraction of sp³-hybridized carbons (Fsp3) is 0.192. The third-order valence-electron chi connectivity index (χ3n) is 6.32. The molecule has 44 heavy (non-hydrogen) atoms. The van der Waals surface area contributed by atoms with Crippen molar-refractivity contribution in [2.75, 3.05) is 16.0 Å². The number of carbonyl (C=O) groups is 3. The quantitative estimate of drug-likeness (QED) is 0.180. The van der Waals surface area contributed by atoms with Gasteiger partial charge in [0.2, 0.25) is 5.91 Å². The van der Waals surface area contributed by atoms with Crippen LogP contribution in [-0.2, 0) is 15.8 Å². The summed E-state index contributed by atoms with van der Waals surface area (Å²) >= 11 is 12.2. The van der Waals surface area contributed by atoms with Crippen LogP contribution in [0.1, 0.15) is 27.4 Å². The van der Waals surface area contributed by atoms with E-state index in [1.165, 1.54) is 5.32 Å². The molecule has 0 aliphatic heterocycles. The fourth-order valence-electron chi connectivity index (χ4n) is 4.20. The van der Waals surface area contributed by atoms with Gasteiger partial charge in [0.05, 0.1) is 22.7 Å². The fourth-order valence-corrected chi connectivity index (χ4v) is 5.03. The van der Waals surface area contributed by atoms with Crippen molar-refractivity contribution in [2.45, 2.75) is 22.9 Å². The lowest BCUT2D eigenvalue weighted by molar-refractivity contribution is -0.140. The third kappa shape index (κ3) is 6.40. The van der Waals surface area contributed by atoms with Crippen molar-refractivity contribution < 1.29 is 58.3 Å². The second-order valence-corrected chi connectivity index (χ2v) is 10.6. The van der Waals surface area contributed by atoms with Gasteiger partial charge in [-0.25, -0.2) is 22.0 Å². The van der Waals surface area contributed by atoms with E-state index in [2.05, 4.69) is 0 Å². The van der Waals surface area contributed by atoms with E-state index in [4.69, 9.17) is 23.2 Å². The molecule has 4 rings (SSSR count). The SMILES string of the molecule is O=C(Nc1c(F)ccc(NC(=O)C(F)F)c1F)c1cc(NC(=O)[C@H]2[C@H](c3ccc(F)c(C(F)(F)F)c3)C2(Cl)Cl)cc(F)c1F. The Morgan fingerprint density at radius 1 is 0.795 bits per heavy atom. The van der Waals surface area contributed by atoms with Crippen LogP contribution in [0.15, 0.2) is 42.5 Å². The molecule has 0 aromatic heterocycles. The van der Waals surface area contributed by atoms with Crippen molar-refractivity contribution in [3.05, 3.63) is 88.2 Å². The van der Waals surface area contributed by atoms with Crippen molar-refractivity contribution in [1.29, 1.82) is 0 Å². The smallest absolute Gasteiger partial charge is 0.326 e. The number of hydrogen-bond acceptors (Lipinski definition) is 3. The number of rotatable bonds is 7. The van der Waals surface area contributed by atoms with Crippen LogP contribution >= 0.6 is 23.2 Å². The number of anilines is 3. The van der Waals surface area contributed by atoms with Gasteiger partial charge in [-0.15, -0.1) is 23.2 Å². The van der Waals surface area contributed by atoms with Crippen molar-refractivity contribution >= 4 is 58.0 Å². The van der Waals surface area contributed by atoms with E-state index in [1.54, 1.807) is 5.32 Å². The van der Waals surface area contributed by atoms with Gasteiger partial charge in [-0.05, 0) is 35.9 Å². The number of halogens is 12. The van der Waals surface area contributed by atoms with Crippen LogP contribution in [-0.4, -0.2) is 28.5 Å². The lowest BCUT2D eigenvalue weighted by atomic mass is 10.0. The highest BCUT2D eigenvalue weighted by atomic mass is 35.5. The van der Waals surface area contributed by atoms with E-state index < -0.39 is 104 Å². The van der Waals surface area contributed by atoms with Gasteiger partial charge >= 0.3 is 12.6 Å². The molecule has 2 atom stereocenters. The van der Waals surface area contributed by atoms with Gasteiger partial charge in [-0.2, -0.15) is 22.0 Å². The Labute approximate surface area is 249 Å². The number of hydrogen-bond donors (Lipinski definition) is 3. The number of nitrogens with one attached hydrogen (secondary N) is 3. The number of benzene rings is 3. The van der Waals surface area contributed by atoms with Gasteiger partial charge in [-0.1, -0.05) is 6.07 Å². The van der Waals surface area contributed by atoms with Crippen LogP contribution in [0.25, 0.3) is 0 Å². The van der Waals surface area contributed by atoms with E-state index in [1.807, 2.05) is 5.32 Å². The van der Waals surface area contributed by atoms with E-state index in [0.717, 1.165) is 6.07 Å². The van der Waals surface area contributed by atoms with Crippen LogP contribution < -0.4 is 16.0 Å². The second-order valence-electron chi connectivity index (χ2n) is 9.20. The Morgan fingerprint density at radius 2 is 1.43 bits per heavy atom. The molecule has 0 heterocycles. The summed E-state index contributed by atoms with van der Waals surface area (Å²) in [4.78, 5) is 36.7. The van der Waals surface area contributed by atoms with Crippen LogP contribution in [0.2, 0.25) is 0 Å². The van der Waals surface area contributed by atoms with Gasteiger partial charge in [-0.3, -0.25) is 14.4 Å². The van der Waals surface area contributed by atoms with Crippen LogP contribution in [0.5, 0.6) is 0 Å². The molecular formula is C26H13Cl2F10N3O3. The highest BCUT2D eigenvalue weighted by Gasteiger charge is 2.67. The zero-order chi connectivity index (χ0) is 32.9. The average Bonchev–Trinajstić information content (AvgIpc) is 3.51.